The third-order valence-corrected chi connectivity index (χ3v) is 3.65. The van der Waals surface area contributed by atoms with E-state index < -0.39 is 30.5 Å². The number of alkyl halides is 7. The van der Waals surface area contributed by atoms with Gasteiger partial charge in [0.15, 0.2) is 0 Å². The van der Waals surface area contributed by atoms with E-state index in [4.69, 9.17) is 4.74 Å². The second kappa shape index (κ2) is 7.29. The number of benzene rings is 1. The lowest BCUT2D eigenvalue weighted by Gasteiger charge is -2.32. The minimum atomic E-state index is -6.08. The van der Waals surface area contributed by atoms with Gasteiger partial charge in [0, 0.05) is 13.5 Å². The lowest BCUT2D eigenvalue weighted by molar-refractivity contribution is -0.348. The highest BCUT2D eigenvalue weighted by Crippen LogP contribution is 2.51. The summed E-state index contributed by atoms with van der Waals surface area (Å²) < 4.78 is 94.6. The van der Waals surface area contributed by atoms with Gasteiger partial charge in [-0.05, 0) is 23.5 Å². The molecular weight excluding hydrogens is 341 g/mol. The highest BCUT2D eigenvalue weighted by molar-refractivity contribution is 5.25. The average Bonchev–Trinajstić information content (AvgIpc) is 2.42. The number of ether oxygens (including phenoxy) is 1. The molecular formula is C16H19F7O. The third-order valence-electron chi connectivity index (χ3n) is 3.65. The summed E-state index contributed by atoms with van der Waals surface area (Å²) in [5.74, 6) is 0.336. The van der Waals surface area contributed by atoms with Crippen LogP contribution >= 0.6 is 0 Å². The Morgan fingerprint density at radius 1 is 0.875 bits per heavy atom. The molecule has 0 amide bonds. The van der Waals surface area contributed by atoms with E-state index in [-0.39, 0.29) is 5.56 Å². The molecule has 0 bridgehead atoms. The quantitative estimate of drug-likeness (QED) is 0.583. The summed E-state index contributed by atoms with van der Waals surface area (Å²) in [6.07, 6.45) is -15.0. The first-order valence-electron chi connectivity index (χ1n) is 7.26. The van der Waals surface area contributed by atoms with Gasteiger partial charge in [-0.1, -0.05) is 38.1 Å². The van der Waals surface area contributed by atoms with Crippen molar-refractivity contribution in [3.05, 3.63) is 35.4 Å². The Bertz CT molecular complexity index is 503. The summed E-state index contributed by atoms with van der Waals surface area (Å²) >= 11 is 0. The first-order chi connectivity index (χ1) is 10.8. The first kappa shape index (κ1) is 20.7. The average molecular weight is 360 g/mol. The lowest BCUT2D eigenvalue weighted by atomic mass is 9.91. The summed E-state index contributed by atoms with van der Waals surface area (Å²) in [7, 11) is 0.944. The van der Waals surface area contributed by atoms with Crippen LogP contribution in [0.1, 0.15) is 37.5 Å². The standard InChI is InChI=1S/C16H19F7O/c1-10(2)8-11-4-6-12(7-5-11)13(24-3)9-14(17,15(18,19)20)16(21,22)23/h4-7,10,13H,8-9H2,1-3H3. The van der Waals surface area contributed by atoms with E-state index in [1.54, 1.807) is 12.1 Å². The molecule has 1 rings (SSSR count). The molecule has 0 N–H and O–H groups in total. The van der Waals surface area contributed by atoms with Crippen molar-refractivity contribution >= 4 is 0 Å². The molecule has 1 aromatic rings. The molecule has 0 aliphatic heterocycles. The molecule has 8 heteroatoms. The molecule has 0 aromatic heterocycles. The zero-order valence-electron chi connectivity index (χ0n) is 13.4. The Morgan fingerprint density at radius 2 is 1.33 bits per heavy atom. The predicted octanol–water partition coefficient (Wildman–Crippen LogP) is 5.80. The number of halogens is 7. The van der Waals surface area contributed by atoms with Crippen molar-refractivity contribution in [1.29, 1.82) is 0 Å². The zero-order valence-corrected chi connectivity index (χ0v) is 13.4. The van der Waals surface area contributed by atoms with Gasteiger partial charge in [0.2, 0.25) is 0 Å². The normalized spacial score (nSPS) is 15.0. The van der Waals surface area contributed by atoms with Gasteiger partial charge in [0.25, 0.3) is 0 Å². The molecule has 1 aromatic carbocycles. The molecule has 0 saturated heterocycles. The number of rotatable bonds is 6. The fraction of sp³-hybridized carbons (Fsp3) is 0.625. The zero-order chi connectivity index (χ0) is 18.8. The highest BCUT2D eigenvalue weighted by atomic mass is 19.4. The van der Waals surface area contributed by atoms with E-state index in [1.165, 1.54) is 12.1 Å². The first-order valence-corrected chi connectivity index (χ1v) is 7.26. The van der Waals surface area contributed by atoms with Crippen LogP contribution in [0.4, 0.5) is 30.7 Å². The van der Waals surface area contributed by atoms with Crippen LogP contribution in [-0.4, -0.2) is 25.1 Å². The molecule has 138 valence electrons. The summed E-state index contributed by atoms with van der Waals surface area (Å²) in [5, 5.41) is 0. The van der Waals surface area contributed by atoms with Crippen molar-refractivity contribution in [3.63, 3.8) is 0 Å². The number of methoxy groups -OCH3 is 1. The van der Waals surface area contributed by atoms with Gasteiger partial charge >= 0.3 is 18.0 Å². The fourth-order valence-corrected chi connectivity index (χ4v) is 2.32. The Kier molecular flexibility index (Phi) is 6.30. The molecule has 0 aliphatic rings. The van der Waals surface area contributed by atoms with Crippen LogP contribution in [-0.2, 0) is 11.2 Å². The van der Waals surface area contributed by atoms with Crippen LogP contribution in [0.15, 0.2) is 24.3 Å². The van der Waals surface area contributed by atoms with Crippen molar-refractivity contribution in [2.75, 3.05) is 7.11 Å². The highest BCUT2D eigenvalue weighted by Gasteiger charge is 2.72. The Hall–Kier alpha value is -1.31. The van der Waals surface area contributed by atoms with Crippen molar-refractivity contribution in [2.45, 2.75) is 50.8 Å². The van der Waals surface area contributed by atoms with Crippen molar-refractivity contribution < 1.29 is 35.5 Å². The van der Waals surface area contributed by atoms with E-state index >= 15 is 0 Å². The summed E-state index contributed by atoms with van der Waals surface area (Å²) in [6, 6.07) is 5.89. The van der Waals surface area contributed by atoms with Crippen LogP contribution < -0.4 is 0 Å². The Morgan fingerprint density at radius 3 is 1.67 bits per heavy atom. The molecule has 1 unspecified atom stereocenters. The van der Waals surface area contributed by atoms with Crippen LogP contribution in [0, 0.1) is 5.92 Å². The molecule has 0 saturated carbocycles. The predicted molar refractivity (Wildman–Crippen MR) is 75.3 cm³/mol. The van der Waals surface area contributed by atoms with Gasteiger partial charge in [0.1, 0.15) is 0 Å². The van der Waals surface area contributed by atoms with Gasteiger partial charge in [0.05, 0.1) is 6.10 Å². The van der Waals surface area contributed by atoms with Gasteiger partial charge < -0.3 is 4.74 Å². The molecule has 0 fully saturated rings. The van der Waals surface area contributed by atoms with Gasteiger partial charge in [-0.3, -0.25) is 0 Å². The van der Waals surface area contributed by atoms with E-state index in [1.807, 2.05) is 13.8 Å². The van der Waals surface area contributed by atoms with E-state index in [0.717, 1.165) is 12.7 Å². The maximum absolute atomic E-state index is 13.8. The van der Waals surface area contributed by atoms with Gasteiger partial charge in [-0.2, -0.15) is 26.3 Å². The molecule has 0 aliphatic carbocycles. The molecule has 1 atom stereocenters. The maximum Gasteiger partial charge on any atom is 0.431 e. The van der Waals surface area contributed by atoms with E-state index in [2.05, 4.69) is 0 Å². The molecule has 1 nitrogen and oxygen atoms in total. The molecule has 0 radical (unpaired) electrons. The Labute approximate surface area is 135 Å². The van der Waals surface area contributed by atoms with Crippen molar-refractivity contribution in [2.24, 2.45) is 5.92 Å². The summed E-state index contributed by atoms with van der Waals surface area (Å²) in [4.78, 5) is 0. The van der Waals surface area contributed by atoms with Crippen LogP contribution in [0.5, 0.6) is 0 Å². The van der Waals surface area contributed by atoms with Crippen LogP contribution in [0.2, 0.25) is 0 Å². The topological polar surface area (TPSA) is 9.23 Å². The second-order valence-corrected chi connectivity index (χ2v) is 6.06. The molecule has 0 heterocycles. The SMILES string of the molecule is COC(CC(F)(C(F)(F)F)C(F)(F)F)c1ccc(CC(C)C)cc1. The van der Waals surface area contributed by atoms with Crippen LogP contribution in [0.3, 0.4) is 0 Å². The molecule has 0 spiro atoms. The largest absolute Gasteiger partial charge is 0.431 e. The maximum atomic E-state index is 13.8. The lowest BCUT2D eigenvalue weighted by Crippen LogP contribution is -2.54. The van der Waals surface area contributed by atoms with E-state index in [9.17, 15) is 30.7 Å². The fourth-order valence-electron chi connectivity index (χ4n) is 2.32. The third kappa shape index (κ3) is 4.62. The number of hydrogen-bond donors (Lipinski definition) is 0. The molecule has 24 heavy (non-hydrogen) atoms. The Balaban J connectivity index is 3.08. The van der Waals surface area contributed by atoms with Crippen molar-refractivity contribution in [1.82, 2.24) is 0 Å². The summed E-state index contributed by atoms with van der Waals surface area (Å²) in [5.41, 5.74) is -4.40. The second-order valence-electron chi connectivity index (χ2n) is 6.06. The van der Waals surface area contributed by atoms with Gasteiger partial charge in [-0.25, -0.2) is 4.39 Å². The van der Waals surface area contributed by atoms with Gasteiger partial charge in [-0.15, -0.1) is 0 Å². The number of hydrogen-bond acceptors (Lipinski definition) is 1. The van der Waals surface area contributed by atoms with Crippen molar-refractivity contribution in [3.8, 4) is 0 Å². The minimum Gasteiger partial charge on any atom is -0.377 e. The smallest absolute Gasteiger partial charge is 0.377 e. The minimum absolute atomic E-state index is 0.0560. The monoisotopic (exact) mass is 360 g/mol. The van der Waals surface area contributed by atoms with E-state index in [0.29, 0.717) is 12.3 Å². The summed E-state index contributed by atoms with van der Waals surface area (Å²) in [6.45, 7) is 3.94. The van der Waals surface area contributed by atoms with Crippen LogP contribution in [0.25, 0.3) is 0 Å².